The molecule has 0 saturated carbocycles. The van der Waals surface area contributed by atoms with Gasteiger partial charge in [-0.1, -0.05) is 127 Å². The Morgan fingerprint density at radius 2 is 1.36 bits per heavy atom. The molecule has 4 heterocycles. The molecule has 0 fully saturated rings. The lowest BCUT2D eigenvalue weighted by molar-refractivity contribution is 0.669. The Morgan fingerprint density at radius 3 is 2.33 bits per heavy atom. The summed E-state index contributed by atoms with van der Waals surface area (Å²) < 4.78 is 8.97. The summed E-state index contributed by atoms with van der Waals surface area (Å²) in [4.78, 5) is 18.9. The lowest BCUT2D eigenvalue weighted by Crippen LogP contribution is -2.05. The molecule has 2 aliphatic rings. The second kappa shape index (κ2) is 12.1. The molecule has 12 rings (SSSR count). The number of hydrogen-bond donors (Lipinski definition) is 0. The highest BCUT2D eigenvalue weighted by Crippen LogP contribution is 2.56. The van der Waals surface area contributed by atoms with Gasteiger partial charge in [0.15, 0.2) is 17.5 Å². The fourth-order valence-electron chi connectivity index (χ4n) is 8.56. The summed E-state index contributed by atoms with van der Waals surface area (Å²) in [6.07, 6.45) is 5.62. The molecule has 0 radical (unpaired) electrons. The first-order chi connectivity index (χ1) is 27.2. The number of benzene rings is 7. The first-order valence-electron chi connectivity index (χ1n) is 18.5. The van der Waals surface area contributed by atoms with Crippen LogP contribution in [0, 0.1) is 0 Å². The van der Waals surface area contributed by atoms with Gasteiger partial charge in [-0.15, -0.1) is 11.3 Å². The summed E-state index contributed by atoms with van der Waals surface area (Å²) in [5.41, 5.74) is 8.25. The Morgan fingerprint density at radius 1 is 0.582 bits per heavy atom. The van der Waals surface area contributed by atoms with E-state index in [0.29, 0.717) is 23.4 Å². The number of para-hydroxylation sites is 1. The average molecular weight is 740 g/mol. The van der Waals surface area contributed by atoms with Crippen LogP contribution in [0.25, 0.3) is 92.6 Å². The Bertz CT molecular complexity index is 3300. The molecular weight excluding hydrogens is 711 g/mol. The maximum absolute atomic E-state index is 6.55. The quantitative estimate of drug-likeness (QED) is 0.180. The Balaban J connectivity index is 1.18. The van der Waals surface area contributed by atoms with E-state index in [4.69, 9.17) is 19.4 Å². The van der Waals surface area contributed by atoms with Crippen LogP contribution in [0.4, 0.5) is 0 Å². The number of aromatic nitrogens is 3. The summed E-state index contributed by atoms with van der Waals surface area (Å²) in [7, 11) is 0. The monoisotopic (exact) mass is 739 g/mol. The Hall–Kier alpha value is -6.34. The smallest absolute Gasteiger partial charge is 0.165 e. The van der Waals surface area contributed by atoms with Crippen molar-refractivity contribution in [2.45, 2.75) is 17.2 Å². The van der Waals surface area contributed by atoms with Gasteiger partial charge in [0, 0.05) is 63.4 Å². The summed E-state index contributed by atoms with van der Waals surface area (Å²) >= 11 is 3.69. The van der Waals surface area contributed by atoms with Gasteiger partial charge in [-0.05, 0) is 76.4 Å². The topological polar surface area (TPSA) is 51.8 Å². The van der Waals surface area contributed by atoms with Gasteiger partial charge in [0.1, 0.15) is 11.2 Å². The van der Waals surface area contributed by atoms with Crippen LogP contribution in [0.15, 0.2) is 172 Å². The Labute approximate surface area is 324 Å². The van der Waals surface area contributed by atoms with E-state index >= 15 is 0 Å². The molecule has 258 valence electrons. The molecule has 1 aliphatic heterocycles. The first-order valence-corrected chi connectivity index (χ1v) is 20.2. The summed E-state index contributed by atoms with van der Waals surface area (Å²) in [6.45, 7) is 0. The maximum atomic E-state index is 6.55. The molecule has 7 aromatic carbocycles. The van der Waals surface area contributed by atoms with Gasteiger partial charge in [0.25, 0.3) is 0 Å². The van der Waals surface area contributed by atoms with E-state index in [2.05, 4.69) is 146 Å². The van der Waals surface area contributed by atoms with E-state index in [1.54, 1.807) is 11.3 Å². The molecule has 0 saturated heterocycles. The van der Waals surface area contributed by atoms with Crippen molar-refractivity contribution in [3.8, 4) is 34.2 Å². The van der Waals surface area contributed by atoms with E-state index in [-0.39, 0.29) is 0 Å². The van der Waals surface area contributed by atoms with Crippen molar-refractivity contribution >= 4 is 81.6 Å². The van der Waals surface area contributed by atoms with E-state index in [9.17, 15) is 0 Å². The fraction of sp³-hybridized carbons (Fsp3) is 0.0408. The van der Waals surface area contributed by atoms with E-state index < -0.39 is 0 Å². The van der Waals surface area contributed by atoms with E-state index in [1.807, 2.05) is 23.9 Å². The zero-order valence-corrected chi connectivity index (χ0v) is 31.0. The van der Waals surface area contributed by atoms with E-state index in [0.717, 1.165) is 56.0 Å². The van der Waals surface area contributed by atoms with Gasteiger partial charge < -0.3 is 4.42 Å². The van der Waals surface area contributed by atoms with Gasteiger partial charge in [0.2, 0.25) is 0 Å². The zero-order valence-electron chi connectivity index (χ0n) is 29.4. The molecule has 1 unspecified atom stereocenters. The molecule has 4 nitrogen and oxygen atoms in total. The summed E-state index contributed by atoms with van der Waals surface area (Å²) in [5.74, 6) is 2.23. The van der Waals surface area contributed by atoms with Gasteiger partial charge in [-0.2, -0.15) is 0 Å². The Kier molecular flexibility index (Phi) is 6.82. The van der Waals surface area contributed by atoms with Crippen molar-refractivity contribution in [3.05, 3.63) is 174 Å². The number of nitrogens with zero attached hydrogens (tertiary/aromatic N) is 3. The predicted octanol–water partition coefficient (Wildman–Crippen LogP) is 13.9. The standard InChI is InChI=1S/C49H29N3OS2/c1-2-12-29-27-30(24-23-28(29)11-1)47-50-48(38-19-10-17-35-32-14-5-8-22-42(32)55-46(35)38)52-49(51-47)44-33(25-26-40-43(44)37-15-3-6-20-39(37)53-40)36-18-9-16-34-31-13-4-7-21-41(31)54-45(34)36/h1-15,17-27,34H,16H2. The molecule has 6 heteroatoms. The lowest BCUT2D eigenvalue weighted by atomic mass is 9.85. The highest BCUT2D eigenvalue weighted by atomic mass is 32.2. The van der Waals surface area contributed by atoms with Gasteiger partial charge in [-0.3, -0.25) is 0 Å². The second-order valence-corrected chi connectivity index (χ2v) is 16.4. The normalized spacial score (nSPS) is 15.2. The molecule has 3 aromatic heterocycles. The van der Waals surface area contributed by atoms with Crippen LogP contribution in [0.3, 0.4) is 0 Å². The first kappa shape index (κ1) is 31.1. The van der Waals surface area contributed by atoms with Crippen LogP contribution in [-0.2, 0) is 0 Å². The highest BCUT2D eigenvalue weighted by molar-refractivity contribution is 8.03. The number of fused-ring (bicyclic) bond motifs is 10. The van der Waals surface area contributed by atoms with Crippen LogP contribution in [0.5, 0.6) is 0 Å². The van der Waals surface area contributed by atoms with Gasteiger partial charge >= 0.3 is 0 Å². The van der Waals surface area contributed by atoms with Gasteiger partial charge in [0.05, 0.1) is 0 Å². The van der Waals surface area contributed by atoms with Crippen molar-refractivity contribution in [1.29, 1.82) is 0 Å². The third-order valence-corrected chi connectivity index (χ3v) is 13.6. The number of allylic oxidation sites excluding steroid dienone is 4. The zero-order chi connectivity index (χ0) is 36.0. The molecule has 1 aliphatic carbocycles. The molecule has 0 N–H and O–H groups in total. The van der Waals surface area contributed by atoms with Crippen LogP contribution in [0.2, 0.25) is 0 Å². The van der Waals surface area contributed by atoms with Crippen molar-refractivity contribution < 1.29 is 4.42 Å². The molecular formula is C49H29N3OS2. The predicted molar refractivity (Wildman–Crippen MR) is 230 cm³/mol. The fourth-order valence-corrected chi connectivity index (χ4v) is 11.1. The van der Waals surface area contributed by atoms with Crippen molar-refractivity contribution in [1.82, 2.24) is 15.0 Å². The number of thioether (sulfide) groups is 1. The molecule has 55 heavy (non-hydrogen) atoms. The minimum atomic E-state index is 0.318. The largest absolute Gasteiger partial charge is 0.456 e. The maximum Gasteiger partial charge on any atom is 0.165 e. The molecule has 1 atom stereocenters. The van der Waals surface area contributed by atoms with Crippen LogP contribution < -0.4 is 0 Å². The van der Waals surface area contributed by atoms with Crippen molar-refractivity contribution in [3.63, 3.8) is 0 Å². The van der Waals surface area contributed by atoms with Gasteiger partial charge in [-0.25, -0.2) is 15.0 Å². The van der Waals surface area contributed by atoms with Crippen LogP contribution in [0.1, 0.15) is 23.5 Å². The number of furan rings is 1. The number of hydrogen-bond acceptors (Lipinski definition) is 6. The molecule has 0 spiro atoms. The third-order valence-electron chi connectivity index (χ3n) is 11.1. The number of thiophene rings is 1. The molecule has 10 aromatic rings. The van der Waals surface area contributed by atoms with E-state index in [1.165, 1.54) is 46.5 Å². The molecule has 0 bridgehead atoms. The minimum absolute atomic E-state index is 0.318. The van der Waals surface area contributed by atoms with Crippen LogP contribution >= 0.6 is 23.1 Å². The average Bonchev–Trinajstić information content (AvgIpc) is 3.94. The third kappa shape index (κ3) is 4.81. The molecule has 0 amide bonds. The lowest BCUT2D eigenvalue weighted by Gasteiger charge is -2.21. The summed E-state index contributed by atoms with van der Waals surface area (Å²) in [6, 6.07) is 51.5. The minimum Gasteiger partial charge on any atom is -0.456 e. The van der Waals surface area contributed by atoms with Crippen molar-refractivity contribution in [2.75, 3.05) is 0 Å². The van der Waals surface area contributed by atoms with Crippen LogP contribution in [-0.4, -0.2) is 15.0 Å². The summed E-state index contributed by atoms with van der Waals surface area (Å²) in [5, 5.41) is 6.82. The van der Waals surface area contributed by atoms with Crippen molar-refractivity contribution in [2.24, 2.45) is 0 Å². The number of rotatable bonds is 4. The highest BCUT2D eigenvalue weighted by Gasteiger charge is 2.33. The SMILES string of the molecule is C1=CC(c2ccc3oc4ccccc4c3c2-c2nc(-c3ccc4ccccc4c3)nc(-c3cccc4c3sc3ccccc34)n2)=C2Sc3ccccc3C2C1. The second-order valence-electron chi connectivity index (χ2n) is 14.2.